The number of aromatic nitrogens is 2. The van der Waals surface area contributed by atoms with E-state index in [1.807, 2.05) is 39.0 Å². The van der Waals surface area contributed by atoms with Gasteiger partial charge in [0.2, 0.25) is 0 Å². The van der Waals surface area contributed by atoms with E-state index in [-0.39, 0.29) is 18.6 Å². The van der Waals surface area contributed by atoms with Crippen molar-refractivity contribution in [2.24, 2.45) is 5.41 Å². The van der Waals surface area contributed by atoms with E-state index in [4.69, 9.17) is 9.84 Å². The number of fused-ring (bicyclic) bond motifs is 1. The molecule has 0 saturated carbocycles. The second kappa shape index (κ2) is 8.45. The van der Waals surface area contributed by atoms with Gasteiger partial charge < -0.3 is 14.9 Å². The Hall–Kier alpha value is -3.19. The molecule has 152 valence electrons. The molecule has 3 rings (SSSR count). The molecule has 1 aromatic heterocycles. The summed E-state index contributed by atoms with van der Waals surface area (Å²) in [7, 11) is 0. The molecule has 0 saturated heterocycles. The van der Waals surface area contributed by atoms with Crippen LogP contribution < -0.4 is 9.64 Å². The first-order valence-corrected chi connectivity index (χ1v) is 9.38. The van der Waals surface area contributed by atoms with Crippen molar-refractivity contribution in [1.82, 2.24) is 9.97 Å². The summed E-state index contributed by atoms with van der Waals surface area (Å²) in [6.45, 7) is 6.56. The fraction of sp³-hybridized carbons (Fsp3) is 0.318. The molecule has 3 aromatic rings. The van der Waals surface area contributed by atoms with Crippen LogP contribution in [0.4, 0.5) is 10.5 Å². The lowest BCUT2D eigenvalue weighted by atomic mass is 9.96. The number of amides is 1. The van der Waals surface area contributed by atoms with Crippen LogP contribution in [0.5, 0.6) is 5.75 Å². The molecule has 0 aliphatic carbocycles. The predicted octanol–water partition coefficient (Wildman–Crippen LogP) is 4.20. The van der Waals surface area contributed by atoms with Gasteiger partial charge >= 0.3 is 6.09 Å². The van der Waals surface area contributed by atoms with E-state index in [2.05, 4.69) is 9.97 Å². The summed E-state index contributed by atoms with van der Waals surface area (Å²) >= 11 is 0. The Morgan fingerprint density at radius 1 is 1.10 bits per heavy atom. The number of carbonyl (C=O) groups is 1. The summed E-state index contributed by atoms with van der Waals surface area (Å²) < 4.78 is 5.43. The van der Waals surface area contributed by atoms with E-state index in [9.17, 15) is 9.90 Å². The lowest BCUT2D eigenvalue weighted by molar-refractivity contribution is 0.198. The number of aliphatic hydroxyl groups is 1. The van der Waals surface area contributed by atoms with Gasteiger partial charge in [-0.05, 0) is 29.7 Å². The molecular weight excluding hydrogens is 370 g/mol. The molecule has 2 aromatic carbocycles. The molecule has 0 radical (unpaired) electrons. The van der Waals surface area contributed by atoms with Crippen molar-refractivity contribution in [3.63, 3.8) is 0 Å². The zero-order chi connectivity index (χ0) is 21.0. The van der Waals surface area contributed by atoms with Crippen molar-refractivity contribution in [3.05, 3.63) is 48.7 Å². The maximum atomic E-state index is 11.7. The Kier molecular flexibility index (Phi) is 5.98. The number of carboxylic acid groups (broad SMARTS) is 1. The molecule has 7 nitrogen and oxygen atoms in total. The lowest BCUT2D eigenvalue weighted by Crippen LogP contribution is -2.36. The highest BCUT2D eigenvalue weighted by molar-refractivity contribution is 5.86. The zero-order valence-corrected chi connectivity index (χ0v) is 16.8. The number of nitrogens with zero attached hydrogens (tertiary/aromatic N) is 3. The highest BCUT2D eigenvalue weighted by Gasteiger charge is 2.22. The minimum atomic E-state index is -0.978. The van der Waals surface area contributed by atoms with E-state index >= 15 is 0 Å². The summed E-state index contributed by atoms with van der Waals surface area (Å²) in [4.78, 5) is 22.1. The highest BCUT2D eigenvalue weighted by atomic mass is 16.5. The van der Waals surface area contributed by atoms with Gasteiger partial charge in [0.15, 0.2) is 0 Å². The second-order valence-corrected chi connectivity index (χ2v) is 7.95. The molecule has 0 unspecified atom stereocenters. The van der Waals surface area contributed by atoms with Gasteiger partial charge in [-0.3, -0.25) is 9.88 Å². The molecule has 0 aliphatic heterocycles. The number of hydrogen-bond acceptors (Lipinski definition) is 5. The molecule has 1 heterocycles. The minimum absolute atomic E-state index is 0.0569. The predicted molar refractivity (Wildman–Crippen MR) is 112 cm³/mol. The van der Waals surface area contributed by atoms with Crippen molar-refractivity contribution in [2.45, 2.75) is 20.8 Å². The molecule has 7 heteroatoms. The smallest absolute Gasteiger partial charge is 0.411 e. The zero-order valence-electron chi connectivity index (χ0n) is 16.8. The number of anilines is 1. The van der Waals surface area contributed by atoms with Gasteiger partial charge in [-0.1, -0.05) is 32.9 Å². The van der Waals surface area contributed by atoms with Gasteiger partial charge in [-0.2, -0.15) is 0 Å². The van der Waals surface area contributed by atoms with Gasteiger partial charge in [0.25, 0.3) is 0 Å². The van der Waals surface area contributed by atoms with Crippen molar-refractivity contribution >= 4 is 22.8 Å². The Morgan fingerprint density at radius 3 is 2.45 bits per heavy atom. The van der Waals surface area contributed by atoms with E-state index < -0.39 is 6.09 Å². The van der Waals surface area contributed by atoms with Crippen molar-refractivity contribution in [3.8, 4) is 17.0 Å². The van der Waals surface area contributed by atoms with Crippen molar-refractivity contribution in [1.29, 1.82) is 0 Å². The maximum absolute atomic E-state index is 11.7. The van der Waals surface area contributed by atoms with Crippen LogP contribution in [0, 0.1) is 5.41 Å². The van der Waals surface area contributed by atoms with Crippen LogP contribution in [0.15, 0.2) is 48.7 Å². The number of hydrogen-bond donors (Lipinski definition) is 2. The quantitative estimate of drug-likeness (QED) is 0.649. The summed E-state index contributed by atoms with van der Waals surface area (Å²) in [6.07, 6.45) is 0.712. The van der Waals surface area contributed by atoms with Crippen LogP contribution >= 0.6 is 0 Å². The Bertz CT molecular complexity index is 997. The second-order valence-electron chi connectivity index (χ2n) is 7.95. The summed E-state index contributed by atoms with van der Waals surface area (Å²) in [6, 6.07) is 12.6. The normalized spacial score (nSPS) is 11.4. The molecule has 0 aliphatic rings. The first-order chi connectivity index (χ1) is 13.8. The SMILES string of the molecule is CC(C)(C)CN(C(=O)O)c1ccc(-c2cnc3ccc(OCCO)cc3n2)cc1. The Balaban J connectivity index is 1.88. The van der Waals surface area contributed by atoms with Gasteiger partial charge in [0, 0.05) is 23.9 Å². The van der Waals surface area contributed by atoms with Gasteiger partial charge in [0.1, 0.15) is 12.4 Å². The minimum Gasteiger partial charge on any atom is -0.491 e. The van der Waals surface area contributed by atoms with Crippen LogP contribution in [0.2, 0.25) is 0 Å². The molecule has 1 amide bonds. The van der Waals surface area contributed by atoms with Crippen LogP contribution in [-0.4, -0.2) is 46.0 Å². The third-order valence-electron chi connectivity index (χ3n) is 4.21. The first kappa shape index (κ1) is 20.5. The third kappa shape index (κ3) is 5.20. The van der Waals surface area contributed by atoms with Crippen molar-refractivity contribution in [2.75, 3.05) is 24.7 Å². The lowest BCUT2D eigenvalue weighted by Gasteiger charge is -2.27. The average molecular weight is 395 g/mol. The molecule has 0 atom stereocenters. The van der Waals surface area contributed by atoms with E-state index in [1.54, 1.807) is 30.5 Å². The average Bonchev–Trinajstić information content (AvgIpc) is 2.69. The number of aliphatic hydroxyl groups excluding tert-OH is 1. The van der Waals surface area contributed by atoms with Gasteiger partial charge in [0.05, 0.1) is 29.5 Å². The fourth-order valence-electron chi connectivity index (χ4n) is 2.94. The van der Waals surface area contributed by atoms with E-state index in [0.29, 0.717) is 29.2 Å². The molecular formula is C22H25N3O4. The summed E-state index contributed by atoms with van der Waals surface area (Å²) in [5.74, 6) is 0.618. The van der Waals surface area contributed by atoms with E-state index in [1.165, 1.54) is 4.90 Å². The molecule has 2 N–H and O–H groups in total. The molecule has 0 bridgehead atoms. The Labute approximate surface area is 169 Å². The summed E-state index contributed by atoms with van der Waals surface area (Å²) in [5.41, 5.74) is 3.40. The van der Waals surface area contributed by atoms with Crippen LogP contribution in [0.1, 0.15) is 20.8 Å². The van der Waals surface area contributed by atoms with Gasteiger partial charge in [-0.15, -0.1) is 0 Å². The monoisotopic (exact) mass is 395 g/mol. The number of ether oxygens (including phenoxy) is 1. The largest absolute Gasteiger partial charge is 0.491 e. The maximum Gasteiger partial charge on any atom is 0.411 e. The van der Waals surface area contributed by atoms with Gasteiger partial charge in [-0.25, -0.2) is 9.78 Å². The topological polar surface area (TPSA) is 95.8 Å². The summed E-state index contributed by atoms with van der Waals surface area (Å²) in [5, 5.41) is 18.5. The first-order valence-electron chi connectivity index (χ1n) is 9.38. The molecule has 0 fully saturated rings. The number of rotatable bonds is 6. The molecule has 0 spiro atoms. The highest BCUT2D eigenvalue weighted by Crippen LogP contribution is 2.26. The third-order valence-corrected chi connectivity index (χ3v) is 4.21. The van der Waals surface area contributed by atoms with Crippen LogP contribution in [0.25, 0.3) is 22.3 Å². The van der Waals surface area contributed by atoms with Crippen LogP contribution in [-0.2, 0) is 0 Å². The standard InChI is InChI=1S/C22H25N3O4/c1-22(2,3)14-25(21(27)28)16-6-4-15(5-7-16)20-13-23-18-9-8-17(29-11-10-26)12-19(18)24-20/h4-9,12-13,26H,10-11,14H2,1-3H3,(H,27,28). The fourth-order valence-corrected chi connectivity index (χ4v) is 2.94. The molecule has 29 heavy (non-hydrogen) atoms. The Morgan fingerprint density at radius 2 is 1.83 bits per heavy atom. The van der Waals surface area contributed by atoms with Crippen LogP contribution in [0.3, 0.4) is 0 Å². The van der Waals surface area contributed by atoms with E-state index in [0.717, 1.165) is 11.1 Å². The number of benzene rings is 2. The van der Waals surface area contributed by atoms with Crippen molar-refractivity contribution < 1.29 is 19.7 Å².